The smallest absolute Gasteiger partial charge is 0.294 e. The number of aromatic nitrogens is 1. The molecule has 1 aromatic carbocycles. The van der Waals surface area contributed by atoms with E-state index in [0.29, 0.717) is 11.4 Å². The standard InChI is InChI=1S/C12H11N3O3/c1-7-6-10(18-15-7)12(17)14-9-5-3-2-4-8(9)11(13)16/h2-6H,1H3,(H2,13,16)(H,14,17). The van der Waals surface area contributed by atoms with Gasteiger partial charge in [0, 0.05) is 6.07 Å². The summed E-state index contributed by atoms with van der Waals surface area (Å²) in [4.78, 5) is 23.0. The molecule has 0 aliphatic carbocycles. The zero-order valence-corrected chi connectivity index (χ0v) is 9.64. The molecule has 18 heavy (non-hydrogen) atoms. The molecule has 6 nitrogen and oxygen atoms in total. The lowest BCUT2D eigenvalue weighted by Crippen LogP contribution is -2.17. The van der Waals surface area contributed by atoms with Crippen LogP contribution in [0.25, 0.3) is 0 Å². The molecular formula is C12H11N3O3. The number of nitrogens with zero attached hydrogens (tertiary/aromatic N) is 1. The quantitative estimate of drug-likeness (QED) is 0.852. The summed E-state index contributed by atoms with van der Waals surface area (Å²) in [6.45, 7) is 1.71. The van der Waals surface area contributed by atoms with E-state index in [-0.39, 0.29) is 11.3 Å². The maximum absolute atomic E-state index is 11.8. The van der Waals surface area contributed by atoms with Gasteiger partial charge in [0.25, 0.3) is 11.8 Å². The molecule has 3 N–H and O–H groups in total. The number of anilines is 1. The summed E-state index contributed by atoms with van der Waals surface area (Å²) < 4.78 is 4.82. The Bertz CT molecular complexity index is 604. The van der Waals surface area contributed by atoms with Gasteiger partial charge in [-0.3, -0.25) is 9.59 Å². The van der Waals surface area contributed by atoms with E-state index in [1.54, 1.807) is 25.1 Å². The number of carbonyl (C=O) groups excluding carboxylic acids is 2. The first kappa shape index (κ1) is 11.8. The van der Waals surface area contributed by atoms with E-state index in [9.17, 15) is 9.59 Å². The summed E-state index contributed by atoms with van der Waals surface area (Å²) in [5.41, 5.74) is 6.38. The number of benzene rings is 1. The third-order valence-electron chi connectivity index (χ3n) is 2.29. The van der Waals surface area contributed by atoms with Crippen molar-refractivity contribution in [2.45, 2.75) is 6.92 Å². The van der Waals surface area contributed by atoms with Crippen LogP contribution >= 0.6 is 0 Å². The number of hydrogen-bond donors (Lipinski definition) is 2. The van der Waals surface area contributed by atoms with E-state index >= 15 is 0 Å². The van der Waals surface area contributed by atoms with Crippen LogP contribution < -0.4 is 11.1 Å². The van der Waals surface area contributed by atoms with Crippen molar-refractivity contribution in [2.75, 3.05) is 5.32 Å². The van der Waals surface area contributed by atoms with Crippen LogP contribution in [0.2, 0.25) is 0 Å². The van der Waals surface area contributed by atoms with Crippen molar-refractivity contribution >= 4 is 17.5 Å². The SMILES string of the molecule is Cc1cc(C(=O)Nc2ccccc2C(N)=O)on1. The first-order valence-corrected chi connectivity index (χ1v) is 5.21. The number of aryl methyl sites for hydroxylation is 1. The molecule has 0 aliphatic heterocycles. The van der Waals surface area contributed by atoms with Gasteiger partial charge in [0.2, 0.25) is 5.76 Å². The number of para-hydroxylation sites is 1. The molecule has 1 heterocycles. The highest BCUT2D eigenvalue weighted by atomic mass is 16.5. The minimum atomic E-state index is -0.611. The molecule has 0 unspecified atom stereocenters. The average molecular weight is 245 g/mol. The van der Waals surface area contributed by atoms with E-state index in [1.165, 1.54) is 12.1 Å². The van der Waals surface area contributed by atoms with E-state index in [4.69, 9.17) is 10.3 Å². The summed E-state index contributed by atoms with van der Waals surface area (Å²) in [5, 5.41) is 6.16. The molecule has 2 rings (SSSR count). The van der Waals surface area contributed by atoms with Crippen LogP contribution in [0.5, 0.6) is 0 Å². The molecule has 6 heteroatoms. The van der Waals surface area contributed by atoms with Gasteiger partial charge in [-0.05, 0) is 19.1 Å². The minimum absolute atomic E-state index is 0.0757. The lowest BCUT2D eigenvalue weighted by Gasteiger charge is -2.06. The maximum atomic E-state index is 11.8. The third-order valence-corrected chi connectivity index (χ3v) is 2.29. The highest BCUT2D eigenvalue weighted by molar-refractivity contribution is 6.07. The van der Waals surface area contributed by atoms with Crippen molar-refractivity contribution < 1.29 is 14.1 Å². The Morgan fingerprint density at radius 3 is 2.67 bits per heavy atom. The third kappa shape index (κ3) is 2.37. The van der Waals surface area contributed by atoms with Gasteiger partial charge < -0.3 is 15.6 Å². The Labute approximate surface area is 103 Å². The molecule has 2 aromatic rings. The number of nitrogens with two attached hydrogens (primary N) is 1. The summed E-state index contributed by atoms with van der Waals surface area (Å²) in [5.74, 6) is -1.02. The van der Waals surface area contributed by atoms with E-state index in [0.717, 1.165) is 0 Å². The van der Waals surface area contributed by atoms with Crippen molar-refractivity contribution in [1.82, 2.24) is 5.16 Å². The second kappa shape index (κ2) is 4.70. The first-order chi connectivity index (χ1) is 8.58. The molecule has 1 aromatic heterocycles. The molecule has 0 radical (unpaired) electrons. The van der Waals surface area contributed by atoms with Crippen molar-refractivity contribution in [3.63, 3.8) is 0 Å². The Kier molecular flexibility index (Phi) is 3.09. The summed E-state index contributed by atoms with van der Waals surface area (Å²) in [6, 6.07) is 7.97. The molecule has 0 atom stereocenters. The number of nitrogens with one attached hydrogen (secondary N) is 1. The van der Waals surface area contributed by atoms with Crippen LogP contribution in [0, 0.1) is 6.92 Å². The number of amides is 2. The monoisotopic (exact) mass is 245 g/mol. The van der Waals surface area contributed by atoms with Crippen molar-refractivity contribution in [2.24, 2.45) is 5.73 Å². The molecular weight excluding hydrogens is 234 g/mol. The fourth-order valence-corrected chi connectivity index (χ4v) is 1.46. The molecule has 0 aliphatic rings. The number of primary amides is 1. The average Bonchev–Trinajstić information content (AvgIpc) is 2.76. The maximum Gasteiger partial charge on any atom is 0.294 e. The van der Waals surface area contributed by atoms with Crippen LogP contribution in [0.3, 0.4) is 0 Å². The largest absolute Gasteiger partial charge is 0.366 e. The van der Waals surface area contributed by atoms with Gasteiger partial charge in [-0.25, -0.2) is 0 Å². The topological polar surface area (TPSA) is 98.2 Å². The Balaban J connectivity index is 2.24. The second-order valence-corrected chi connectivity index (χ2v) is 3.70. The normalized spacial score (nSPS) is 10.1. The molecule has 0 saturated heterocycles. The molecule has 0 saturated carbocycles. The summed E-state index contributed by atoms with van der Waals surface area (Å²) in [6.07, 6.45) is 0. The predicted octanol–water partition coefficient (Wildman–Crippen LogP) is 1.33. The first-order valence-electron chi connectivity index (χ1n) is 5.21. The van der Waals surface area contributed by atoms with Crippen LogP contribution in [0.15, 0.2) is 34.9 Å². The van der Waals surface area contributed by atoms with Gasteiger partial charge in [0.15, 0.2) is 0 Å². The minimum Gasteiger partial charge on any atom is -0.366 e. The van der Waals surface area contributed by atoms with Gasteiger partial charge in [-0.2, -0.15) is 0 Å². The van der Waals surface area contributed by atoms with Gasteiger partial charge in [-0.15, -0.1) is 0 Å². The van der Waals surface area contributed by atoms with Crippen molar-refractivity contribution in [3.05, 3.63) is 47.3 Å². The molecule has 0 bridgehead atoms. The van der Waals surface area contributed by atoms with E-state index < -0.39 is 11.8 Å². The van der Waals surface area contributed by atoms with E-state index in [2.05, 4.69) is 10.5 Å². The highest BCUT2D eigenvalue weighted by Crippen LogP contribution is 2.15. The Morgan fingerprint density at radius 1 is 1.33 bits per heavy atom. The molecule has 0 fully saturated rings. The number of carbonyl (C=O) groups is 2. The van der Waals surface area contributed by atoms with Gasteiger partial charge in [0.05, 0.1) is 16.9 Å². The van der Waals surface area contributed by atoms with Gasteiger partial charge in [0.1, 0.15) is 0 Å². The van der Waals surface area contributed by atoms with Crippen LogP contribution in [0.1, 0.15) is 26.6 Å². The molecule has 2 amide bonds. The van der Waals surface area contributed by atoms with Gasteiger partial charge >= 0.3 is 0 Å². The summed E-state index contributed by atoms with van der Waals surface area (Å²) >= 11 is 0. The fraction of sp³-hybridized carbons (Fsp3) is 0.0833. The van der Waals surface area contributed by atoms with Crippen LogP contribution in [-0.2, 0) is 0 Å². The zero-order chi connectivity index (χ0) is 13.1. The van der Waals surface area contributed by atoms with Crippen LogP contribution in [0.4, 0.5) is 5.69 Å². The second-order valence-electron chi connectivity index (χ2n) is 3.70. The lowest BCUT2D eigenvalue weighted by atomic mass is 10.1. The summed E-state index contributed by atoms with van der Waals surface area (Å²) in [7, 11) is 0. The molecule has 0 spiro atoms. The van der Waals surface area contributed by atoms with Crippen molar-refractivity contribution in [3.8, 4) is 0 Å². The zero-order valence-electron chi connectivity index (χ0n) is 9.64. The Hall–Kier alpha value is -2.63. The fourth-order valence-electron chi connectivity index (χ4n) is 1.46. The Morgan fingerprint density at radius 2 is 2.06 bits per heavy atom. The number of hydrogen-bond acceptors (Lipinski definition) is 4. The van der Waals surface area contributed by atoms with Crippen LogP contribution in [-0.4, -0.2) is 17.0 Å². The lowest BCUT2D eigenvalue weighted by molar-refractivity contribution is 0.0988. The highest BCUT2D eigenvalue weighted by Gasteiger charge is 2.14. The predicted molar refractivity (Wildman–Crippen MR) is 64.2 cm³/mol. The molecule has 92 valence electrons. The van der Waals surface area contributed by atoms with Crippen molar-refractivity contribution in [1.29, 1.82) is 0 Å². The number of rotatable bonds is 3. The van der Waals surface area contributed by atoms with Gasteiger partial charge in [-0.1, -0.05) is 17.3 Å². The van der Waals surface area contributed by atoms with E-state index in [1.807, 2.05) is 0 Å².